The van der Waals surface area contributed by atoms with E-state index in [2.05, 4.69) is 21.2 Å². The number of anilines is 1. The lowest BCUT2D eigenvalue weighted by atomic mass is 9.92. The van der Waals surface area contributed by atoms with Gasteiger partial charge in [-0.25, -0.2) is 23.9 Å². The van der Waals surface area contributed by atoms with Crippen LogP contribution in [0.1, 0.15) is 68.0 Å². The average molecular weight is 741 g/mol. The van der Waals surface area contributed by atoms with E-state index in [1.54, 1.807) is 55.4 Å². The first-order chi connectivity index (χ1) is 23.8. The van der Waals surface area contributed by atoms with Crippen molar-refractivity contribution in [2.45, 2.75) is 104 Å². The first-order valence-electron chi connectivity index (χ1n) is 16.1. The summed E-state index contributed by atoms with van der Waals surface area (Å²) in [6.07, 6.45) is -5.70. The lowest BCUT2D eigenvalue weighted by Gasteiger charge is -2.29. The third-order valence-corrected chi connectivity index (χ3v) is 8.70. The monoisotopic (exact) mass is 740 g/mol. The van der Waals surface area contributed by atoms with Gasteiger partial charge in [-0.05, 0) is 46.8 Å². The van der Waals surface area contributed by atoms with E-state index in [-0.39, 0.29) is 17.0 Å². The molecule has 6 atom stereocenters. The highest BCUT2D eigenvalue weighted by Gasteiger charge is 2.63. The summed E-state index contributed by atoms with van der Waals surface area (Å²) >= 11 is 0. The molecule has 0 saturated carbocycles. The van der Waals surface area contributed by atoms with Gasteiger partial charge in [0.05, 0.1) is 36.3 Å². The molecule has 3 heterocycles. The average Bonchev–Trinajstić information content (AvgIpc) is 3.60. The molecule has 0 radical (unpaired) electrons. The summed E-state index contributed by atoms with van der Waals surface area (Å²) < 4.78 is 59.2. The molecule has 1 fully saturated rings. The predicted octanol–water partition coefficient (Wildman–Crippen LogP) is 3.15. The molecule has 282 valence electrons. The zero-order chi connectivity index (χ0) is 38.3. The summed E-state index contributed by atoms with van der Waals surface area (Å²) in [6.45, 7) is 12.2. The van der Waals surface area contributed by atoms with Gasteiger partial charge in [-0.3, -0.25) is 23.4 Å². The molecular formula is C31H45N6O13P. The molecule has 1 aliphatic rings. The van der Waals surface area contributed by atoms with Gasteiger partial charge in [0.1, 0.15) is 30.1 Å². The van der Waals surface area contributed by atoms with Crippen LogP contribution in [0.15, 0.2) is 18.5 Å². The van der Waals surface area contributed by atoms with Crippen LogP contribution in [0.3, 0.4) is 0 Å². The van der Waals surface area contributed by atoms with Crippen molar-refractivity contribution >= 4 is 43.1 Å². The van der Waals surface area contributed by atoms with Crippen molar-refractivity contribution in [2.24, 2.45) is 11.8 Å². The number of rotatable bonds is 16. The van der Waals surface area contributed by atoms with Crippen LogP contribution in [0.2, 0.25) is 0 Å². The maximum Gasteiger partial charge on any atom is 0.510 e. The highest BCUT2D eigenvalue weighted by atomic mass is 31.2. The van der Waals surface area contributed by atoms with Gasteiger partial charge in [0.15, 0.2) is 18.0 Å². The van der Waals surface area contributed by atoms with E-state index in [4.69, 9.17) is 43.2 Å². The third-order valence-electron chi connectivity index (χ3n) is 7.07. The molecule has 51 heavy (non-hydrogen) atoms. The van der Waals surface area contributed by atoms with E-state index in [1.165, 1.54) is 23.6 Å². The lowest BCUT2D eigenvalue weighted by Crippen LogP contribution is -2.47. The van der Waals surface area contributed by atoms with E-state index in [1.807, 2.05) is 0 Å². The van der Waals surface area contributed by atoms with Crippen molar-refractivity contribution in [2.75, 3.05) is 19.1 Å². The van der Waals surface area contributed by atoms with E-state index < -0.39 is 99.2 Å². The molecule has 1 saturated heterocycles. The van der Waals surface area contributed by atoms with Crippen LogP contribution in [-0.2, 0) is 62.0 Å². The molecule has 2 aromatic heterocycles. The quantitative estimate of drug-likeness (QED) is 0.108. The topological polar surface area (TPSA) is 251 Å². The number of nitriles is 1. The second-order valence-electron chi connectivity index (χ2n) is 12.7. The van der Waals surface area contributed by atoms with Crippen LogP contribution in [-0.4, -0.2) is 88.6 Å². The largest absolute Gasteiger partial charge is 0.510 e. The summed E-state index contributed by atoms with van der Waals surface area (Å²) in [5.41, 5.74) is 4.13. The first-order valence-corrected chi connectivity index (χ1v) is 17.7. The molecule has 0 aliphatic carbocycles. The number of carbonyl (C=O) groups is 4. The molecule has 20 heteroatoms. The van der Waals surface area contributed by atoms with Crippen LogP contribution in [0, 0.1) is 23.2 Å². The highest BCUT2D eigenvalue weighted by Crippen LogP contribution is 2.48. The zero-order valence-corrected chi connectivity index (χ0v) is 30.8. The van der Waals surface area contributed by atoms with Crippen molar-refractivity contribution in [3.05, 3.63) is 24.2 Å². The Morgan fingerprint density at radius 2 is 1.61 bits per heavy atom. The molecular weight excluding hydrogens is 695 g/mol. The molecule has 0 bridgehead atoms. The Hall–Kier alpha value is -4.34. The number of nitrogens with two attached hydrogens (primary N) is 1. The van der Waals surface area contributed by atoms with Gasteiger partial charge in [-0.1, -0.05) is 27.7 Å². The maximum absolute atomic E-state index is 14.1. The second-order valence-corrected chi connectivity index (χ2v) is 14.4. The van der Waals surface area contributed by atoms with Crippen molar-refractivity contribution in [1.29, 1.82) is 5.26 Å². The van der Waals surface area contributed by atoms with Crippen molar-refractivity contribution < 1.29 is 61.2 Å². The number of ether oxygens (including phenoxy) is 6. The van der Waals surface area contributed by atoms with Crippen LogP contribution in [0.4, 0.5) is 10.6 Å². The summed E-state index contributed by atoms with van der Waals surface area (Å²) in [7, 11) is -4.65. The van der Waals surface area contributed by atoms with E-state index in [0.29, 0.717) is 0 Å². The number of nitrogens with one attached hydrogen (secondary N) is 1. The zero-order valence-electron chi connectivity index (χ0n) is 29.9. The highest BCUT2D eigenvalue weighted by molar-refractivity contribution is 7.51. The van der Waals surface area contributed by atoms with Crippen LogP contribution in [0.5, 0.6) is 0 Å². The number of hydrogen-bond acceptors (Lipinski definition) is 17. The fraction of sp³-hybridized carbons (Fsp3) is 0.645. The van der Waals surface area contributed by atoms with Gasteiger partial charge in [-0.15, -0.1) is 0 Å². The van der Waals surface area contributed by atoms with E-state index >= 15 is 0 Å². The Morgan fingerprint density at radius 1 is 0.980 bits per heavy atom. The Bertz CT molecular complexity index is 1660. The lowest BCUT2D eigenvalue weighted by molar-refractivity contribution is -0.173. The predicted molar refractivity (Wildman–Crippen MR) is 175 cm³/mol. The van der Waals surface area contributed by atoms with Crippen molar-refractivity contribution in [1.82, 2.24) is 19.7 Å². The summed E-state index contributed by atoms with van der Waals surface area (Å²) in [6, 6.07) is 3.74. The van der Waals surface area contributed by atoms with Gasteiger partial charge in [0, 0.05) is 0 Å². The summed E-state index contributed by atoms with van der Waals surface area (Å²) in [4.78, 5) is 54.7. The maximum atomic E-state index is 14.1. The molecule has 3 rings (SSSR count). The van der Waals surface area contributed by atoms with Crippen LogP contribution in [0.25, 0.3) is 5.52 Å². The van der Waals surface area contributed by atoms with Crippen molar-refractivity contribution in [3.8, 4) is 6.07 Å². The normalized spacial score (nSPS) is 22.1. The fourth-order valence-corrected chi connectivity index (χ4v) is 5.95. The van der Waals surface area contributed by atoms with Gasteiger partial charge in [-0.2, -0.15) is 10.4 Å². The third kappa shape index (κ3) is 10.1. The first kappa shape index (κ1) is 41.1. The Morgan fingerprint density at radius 3 is 2.20 bits per heavy atom. The molecule has 3 N–H and O–H groups in total. The van der Waals surface area contributed by atoms with Crippen molar-refractivity contribution in [3.63, 3.8) is 0 Å². The van der Waals surface area contributed by atoms with Gasteiger partial charge >= 0.3 is 31.8 Å². The number of hydrogen-bond donors (Lipinski definition) is 2. The summed E-state index contributed by atoms with van der Waals surface area (Å²) in [5.74, 6) is -3.63. The minimum absolute atomic E-state index is 0.0310. The number of esters is 3. The number of fused-ring (bicyclic) bond motifs is 1. The van der Waals surface area contributed by atoms with Crippen LogP contribution >= 0.6 is 7.75 Å². The van der Waals surface area contributed by atoms with Crippen LogP contribution < -0.4 is 10.8 Å². The van der Waals surface area contributed by atoms with Gasteiger partial charge < -0.3 is 34.2 Å². The Balaban J connectivity index is 2.08. The van der Waals surface area contributed by atoms with E-state index in [9.17, 15) is 29.0 Å². The standard InChI is InChI=1S/C31H45N6O13P/c1-16(2)27(38)48-24-22(12-44-51(42,36-20(9)29(40)46-18(5)6)45-15-43-30(41)47-19(7)8)50-31(13-32,25(24)49-28(39)17(3)4)23-11-10-21-26(33)34-14-35-37(21)23/h10-11,14,16-20,22,24-25H,12,15H2,1-9H3,(H,36,42)(H2,33,34,35)/t20-,22+,24+,25+,31-,51?/m0/s1. The summed E-state index contributed by atoms with van der Waals surface area (Å²) in [5, 5.41) is 17.4. The van der Waals surface area contributed by atoms with Gasteiger partial charge in [0.25, 0.3) is 0 Å². The molecule has 0 aromatic carbocycles. The Labute approximate surface area is 294 Å². The van der Waals surface area contributed by atoms with Gasteiger partial charge in [0.2, 0.25) is 12.4 Å². The smallest absolute Gasteiger partial charge is 0.462 e. The molecule has 1 aliphatic heterocycles. The molecule has 1 unspecified atom stereocenters. The number of carbonyl (C=O) groups excluding carboxylic acids is 4. The second kappa shape index (κ2) is 17.2. The molecule has 0 amide bonds. The fourth-order valence-electron chi connectivity index (χ4n) is 4.61. The number of nitrogens with zero attached hydrogens (tertiary/aromatic N) is 4. The number of aromatic nitrogens is 3. The van der Waals surface area contributed by atoms with E-state index in [0.717, 1.165) is 6.33 Å². The molecule has 19 nitrogen and oxygen atoms in total. The Kier molecular flexibility index (Phi) is 13.9. The SMILES string of the molecule is CC(C)OC(=O)OCOP(=O)(N[C@@H](C)C(=O)OC(C)C)OC[C@H]1O[C@@](C#N)(c2ccc3c(N)ncnn23)[C@H](OC(=O)C(C)C)[C@@H]1OC(=O)C(C)C. The molecule has 0 spiro atoms. The minimum Gasteiger partial charge on any atom is -0.462 e. The number of nitrogen functional groups attached to an aromatic ring is 1. The molecule has 2 aromatic rings. The minimum atomic E-state index is -4.65.